The van der Waals surface area contributed by atoms with Crippen LogP contribution in [0.5, 0.6) is 0 Å². The molecular formula is C26H27N6O3S+. The zero-order chi connectivity index (χ0) is 26.0. The van der Waals surface area contributed by atoms with Gasteiger partial charge in [-0.05, 0) is 48.7 Å². The summed E-state index contributed by atoms with van der Waals surface area (Å²) >= 11 is 0. The molecule has 1 amide bonds. The van der Waals surface area contributed by atoms with Crippen LogP contribution in [-0.2, 0) is 21.2 Å². The van der Waals surface area contributed by atoms with E-state index < -0.39 is 10.0 Å². The van der Waals surface area contributed by atoms with Crippen LogP contribution in [0.25, 0.3) is 11.1 Å². The number of carbonyl (C=O) groups excluding carboxylic acids is 1. The highest BCUT2D eigenvalue weighted by atomic mass is 32.2. The third-order valence-electron chi connectivity index (χ3n) is 5.86. The van der Waals surface area contributed by atoms with Crippen molar-refractivity contribution in [2.24, 2.45) is 10.9 Å². The molecule has 1 aliphatic rings. The molecule has 0 aliphatic carbocycles. The van der Waals surface area contributed by atoms with Gasteiger partial charge >= 0.3 is 5.91 Å². The average Bonchev–Trinajstić information content (AvgIpc) is 3.26. The van der Waals surface area contributed by atoms with E-state index in [2.05, 4.69) is 0 Å². The first-order valence-corrected chi connectivity index (χ1v) is 12.7. The van der Waals surface area contributed by atoms with Crippen LogP contribution >= 0.6 is 0 Å². The van der Waals surface area contributed by atoms with Crippen molar-refractivity contribution >= 4 is 38.9 Å². The second-order valence-electron chi connectivity index (χ2n) is 8.56. The van der Waals surface area contributed by atoms with Crippen molar-refractivity contribution < 1.29 is 18.5 Å². The monoisotopic (exact) mass is 503 g/mol. The maximum atomic E-state index is 13.6. The van der Waals surface area contributed by atoms with Gasteiger partial charge in [0, 0.05) is 41.2 Å². The molecule has 0 saturated carbocycles. The lowest BCUT2D eigenvalue weighted by Crippen LogP contribution is -2.78. The predicted molar refractivity (Wildman–Crippen MR) is 140 cm³/mol. The molecule has 36 heavy (non-hydrogen) atoms. The number of nitrogens with one attached hydrogen (secondary N) is 2. The van der Waals surface area contributed by atoms with Crippen molar-refractivity contribution in [3.8, 4) is 11.1 Å². The molecule has 3 aromatic carbocycles. The molecule has 0 bridgehead atoms. The minimum Gasteiger partial charge on any atom is -0.384 e. The molecule has 3 aromatic rings. The van der Waals surface area contributed by atoms with E-state index in [1.165, 1.54) is 12.1 Å². The van der Waals surface area contributed by atoms with E-state index in [1.54, 1.807) is 71.7 Å². The minimum atomic E-state index is -3.90. The van der Waals surface area contributed by atoms with Crippen molar-refractivity contribution in [3.05, 3.63) is 89.6 Å². The Labute approximate surface area is 209 Å². The van der Waals surface area contributed by atoms with Crippen molar-refractivity contribution in [1.82, 2.24) is 0 Å². The SMILES string of the molecule is CC(=N)/C=C(\[NH2+]c1cccc(C(=N)N)c1)C(=O)N1CCc2cc(-c3ccccc3S(N)(=O)=O)ccc21. The lowest BCUT2D eigenvalue weighted by atomic mass is 10.0. The smallest absolute Gasteiger partial charge is 0.312 e. The Morgan fingerprint density at radius 2 is 1.81 bits per heavy atom. The van der Waals surface area contributed by atoms with Gasteiger partial charge in [-0.25, -0.2) is 13.6 Å². The summed E-state index contributed by atoms with van der Waals surface area (Å²) in [4.78, 5) is 15.3. The Bertz CT molecular complexity index is 1530. The average molecular weight is 504 g/mol. The topological polar surface area (TPSA) is 171 Å². The highest BCUT2D eigenvalue weighted by molar-refractivity contribution is 7.89. The summed E-state index contributed by atoms with van der Waals surface area (Å²) < 4.78 is 24.1. The molecule has 8 N–H and O–H groups in total. The van der Waals surface area contributed by atoms with E-state index >= 15 is 0 Å². The van der Waals surface area contributed by atoms with Crippen molar-refractivity contribution in [2.45, 2.75) is 18.2 Å². The Hall–Kier alpha value is -4.12. The van der Waals surface area contributed by atoms with E-state index in [0.717, 1.165) is 11.3 Å². The van der Waals surface area contributed by atoms with Gasteiger partial charge < -0.3 is 16.0 Å². The number of amidine groups is 1. The summed E-state index contributed by atoms with van der Waals surface area (Å²) in [5.41, 5.74) is 10.2. The number of allylic oxidation sites excluding steroid dienone is 1. The van der Waals surface area contributed by atoms with Crippen LogP contribution in [0, 0.1) is 10.8 Å². The normalized spacial score (nSPS) is 13.4. The fourth-order valence-corrected chi connectivity index (χ4v) is 5.02. The molecule has 0 spiro atoms. The second kappa shape index (κ2) is 9.86. The van der Waals surface area contributed by atoms with Gasteiger partial charge in [0.15, 0.2) is 0 Å². The first kappa shape index (κ1) is 25.0. The molecule has 0 radical (unpaired) electrons. The number of anilines is 1. The van der Waals surface area contributed by atoms with Gasteiger partial charge in [-0.2, -0.15) is 0 Å². The number of amides is 1. The van der Waals surface area contributed by atoms with Crippen molar-refractivity contribution in [1.29, 1.82) is 10.8 Å². The van der Waals surface area contributed by atoms with E-state index in [-0.39, 0.29) is 22.3 Å². The van der Waals surface area contributed by atoms with E-state index in [4.69, 9.17) is 21.7 Å². The molecule has 184 valence electrons. The molecule has 10 heteroatoms. The first-order chi connectivity index (χ1) is 17.0. The van der Waals surface area contributed by atoms with Gasteiger partial charge in [-0.3, -0.25) is 15.5 Å². The first-order valence-electron chi connectivity index (χ1n) is 11.2. The number of quaternary nitrogens is 1. The fourth-order valence-electron chi connectivity index (χ4n) is 4.26. The molecule has 0 aromatic heterocycles. The third-order valence-corrected chi connectivity index (χ3v) is 6.83. The Balaban J connectivity index is 1.66. The summed E-state index contributed by atoms with van der Waals surface area (Å²) in [6.07, 6.45) is 2.11. The number of fused-ring (bicyclic) bond motifs is 1. The number of nitrogens with zero attached hydrogens (tertiary/aromatic N) is 1. The van der Waals surface area contributed by atoms with Gasteiger partial charge in [-0.15, -0.1) is 0 Å². The van der Waals surface area contributed by atoms with Crippen molar-refractivity contribution in [2.75, 3.05) is 11.4 Å². The summed E-state index contributed by atoms with van der Waals surface area (Å²) in [6.45, 7) is 2.05. The minimum absolute atomic E-state index is 0.0462. The molecule has 0 atom stereocenters. The number of hydrogen-bond acceptors (Lipinski definition) is 5. The molecule has 9 nitrogen and oxygen atoms in total. The number of sulfonamides is 1. The van der Waals surface area contributed by atoms with Gasteiger partial charge in [-0.1, -0.05) is 36.4 Å². The van der Waals surface area contributed by atoms with Gasteiger partial charge in [0.2, 0.25) is 15.7 Å². The fraction of sp³-hybridized carbons (Fsp3) is 0.115. The number of carbonyl (C=O) groups is 1. The second-order valence-corrected chi connectivity index (χ2v) is 10.1. The number of hydrogen-bond donors (Lipinski definition) is 5. The zero-order valence-electron chi connectivity index (χ0n) is 19.7. The highest BCUT2D eigenvalue weighted by Crippen LogP contribution is 2.34. The maximum absolute atomic E-state index is 13.6. The third kappa shape index (κ3) is 5.25. The van der Waals surface area contributed by atoms with Crippen LogP contribution in [-0.4, -0.2) is 32.4 Å². The molecule has 1 aliphatic heterocycles. The van der Waals surface area contributed by atoms with Gasteiger partial charge in [0.25, 0.3) is 0 Å². The van der Waals surface area contributed by atoms with Crippen LogP contribution < -0.4 is 21.1 Å². The summed E-state index contributed by atoms with van der Waals surface area (Å²) in [6, 6.07) is 19.0. The lowest BCUT2D eigenvalue weighted by molar-refractivity contribution is -0.511. The quantitative estimate of drug-likeness (QED) is 0.144. The number of nitrogens with two attached hydrogens (primary N) is 3. The Morgan fingerprint density at radius 3 is 2.50 bits per heavy atom. The lowest BCUT2D eigenvalue weighted by Gasteiger charge is -2.18. The largest absolute Gasteiger partial charge is 0.384 e. The van der Waals surface area contributed by atoms with Crippen LogP contribution in [0.3, 0.4) is 0 Å². The molecule has 0 fully saturated rings. The maximum Gasteiger partial charge on any atom is 0.312 e. The number of rotatable bonds is 7. The van der Waals surface area contributed by atoms with E-state index in [1.807, 2.05) is 6.07 Å². The Morgan fingerprint density at radius 1 is 1.06 bits per heavy atom. The summed E-state index contributed by atoms with van der Waals surface area (Å²) in [5.74, 6) is -0.329. The molecule has 1 heterocycles. The number of primary sulfonamides is 1. The van der Waals surface area contributed by atoms with Crippen LogP contribution in [0.15, 0.2) is 83.4 Å². The van der Waals surface area contributed by atoms with Crippen LogP contribution in [0.4, 0.5) is 11.4 Å². The van der Waals surface area contributed by atoms with Gasteiger partial charge in [0.1, 0.15) is 11.5 Å². The van der Waals surface area contributed by atoms with Crippen LogP contribution in [0.1, 0.15) is 18.1 Å². The van der Waals surface area contributed by atoms with Gasteiger partial charge in [0.05, 0.1) is 4.90 Å². The summed E-state index contributed by atoms with van der Waals surface area (Å²) in [5, 5.41) is 22.7. The number of benzene rings is 3. The van der Waals surface area contributed by atoms with Crippen LogP contribution in [0.2, 0.25) is 0 Å². The zero-order valence-corrected chi connectivity index (χ0v) is 20.5. The summed E-state index contributed by atoms with van der Waals surface area (Å²) in [7, 11) is -3.90. The standard InChI is InChI=1S/C26H26N6O3S/c1-16(27)13-22(31-20-6-4-5-19(15-20)25(28)29)26(33)32-12-11-18-14-17(9-10-23(18)32)21-7-2-3-8-24(21)36(30,34)35/h2-10,13-15,27,31H,11-12H2,1H3,(H3,28,29)(H2,30,34,35)/p+1/b22-13-,27-16?. The predicted octanol–water partition coefficient (Wildman–Crippen LogP) is 1.99. The van der Waals surface area contributed by atoms with Crippen molar-refractivity contribution in [3.63, 3.8) is 0 Å². The van der Waals surface area contributed by atoms with E-state index in [0.29, 0.717) is 41.0 Å². The highest BCUT2D eigenvalue weighted by Gasteiger charge is 2.30. The molecule has 4 rings (SSSR count). The number of nitrogen functional groups attached to an aromatic ring is 1. The molecule has 0 unspecified atom stereocenters. The van der Waals surface area contributed by atoms with E-state index in [9.17, 15) is 13.2 Å². The molecular weight excluding hydrogens is 476 g/mol. The molecule has 0 saturated heterocycles. The Kier molecular flexibility index (Phi) is 6.84.